The molecule has 13 heavy (non-hydrogen) atoms. The van der Waals surface area contributed by atoms with Crippen LogP contribution in [0.15, 0.2) is 12.2 Å². The van der Waals surface area contributed by atoms with Gasteiger partial charge in [0, 0.05) is 18.0 Å². The minimum Gasteiger partial charge on any atom is -0.300 e. The molecule has 3 rings (SSSR count). The number of hydrogen-bond acceptors (Lipinski definition) is 1. The first-order valence-corrected chi connectivity index (χ1v) is 5.58. The van der Waals surface area contributed by atoms with Gasteiger partial charge in [-0.15, -0.1) is 0 Å². The summed E-state index contributed by atoms with van der Waals surface area (Å²) in [7, 11) is 0. The molecule has 2 heterocycles. The monoisotopic (exact) mass is 179 g/mol. The van der Waals surface area contributed by atoms with E-state index in [-0.39, 0.29) is 0 Å². The van der Waals surface area contributed by atoms with Gasteiger partial charge in [-0.3, -0.25) is 4.90 Å². The topological polar surface area (TPSA) is 3.24 Å². The Morgan fingerprint density at radius 3 is 2.54 bits per heavy atom. The molecule has 1 saturated carbocycles. The van der Waals surface area contributed by atoms with Gasteiger partial charge >= 0.3 is 0 Å². The molecule has 0 spiro atoms. The minimum absolute atomic E-state index is 0.491. The van der Waals surface area contributed by atoms with E-state index in [1.165, 1.54) is 44.3 Å². The SMILES string of the molecule is C=C(C)C12CCC(CC1)N(CC)C2. The Labute approximate surface area is 81.8 Å². The van der Waals surface area contributed by atoms with Crippen molar-refractivity contribution in [2.75, 3.05) is 13.1 Å². The van der Waals surface area contributed by atoms with E-state index in [0.717, 1.165) is 6.04 Å². The van der Waals surface area contributed by atoms with Crippen LogP contribution in [0.3, 0.4) is 0 Å². The highest BCUT2D eigenvalue weighted by molar-refractivity contribution is 5.14. The molecule has 0 aromatic heterocycles. The van der Waals surface area contributed by atoms with E-state index < -0.39 is 0 Å². The summed E-state index contributed by atoms with van der Waals surface area (Å²) in [6.07, 6.45) is 5.59. The lowest BCUT2D eigenvalue weighted by molar-refractivity contribution is 0.00511. The fourth-order valence-corrected chi connectivity index (χ4v) is 3.13. The zero-order chi connectivity index (χ0) is 9.47. The van der Waals surface area contributed by atoms with E-state index in [1.807, 2.05) is 0 Å². The zero-order valence-corrected chi connectivity index (χ0v) is 8.97. The Balaban J connectivity index is 2.18. The molecule has 2 bridgehead atoms. The summed E-state index contributed by atoms with van der Waals surface area (Å²) < 4.78 is 0. The van der Waals surface area contributed by atoms with E-state index in [2.05, 4.69) is 25.3 Å². The Morgan fingerprint density at radius 1 is 1.46 bits per heavy atom. The van der Waals surface area contributed by atoms with Gasteiger partial charge in [-0.05, 0) is 39.2 Å². The van der Waals surface area contributed by atoms with Gasteiger partial charge in [0.2, 0.25) is 0 Å². The normalized spacial score (nSPS) is 39.4. The Bertz CT molecular complexity index is 211. The smallest absolute Gasteiger partial charge is 0.00961 e. The molecular formula is C12H21N. The molecule has 2 saturated heterocycles. The third-order valence-corrected chi connectivity index (χ3v) is 4.25. The molecule has 0 amide bonds. The molecule has 2 aliphatic heterocycles. The van der Waals surface area contributed by atoms with Crippen molar-refractivity contribution >= 4 is 0 Å². The highest BCUT2D eigenvalue weighted by Crippen LogP contribution is 2.48. The van der Waals surface area contributed by atoms with Crippen LogP contribution in [0, 0.1) is 5.41 Å². The highest BCUT2D eigenvalue weighted by Gasteiger charge is 2.44. The summed E-state index contributed by atoms with van der Waals surface area (Å²) >= 11 is 0. The first kappa shape index (κ1) is 9.26. The second kappa shape index (κ2) is 3.13. The summed E-state index contributed by atoms with van der Waals surface area (Å²) in [5.41, 5.74) is 1.91. The van der Waals surface area contributed by atoms with Crippen molar-refractivity contribution in [3.63, 3.8) is 0 Å². The van der Waals surface area contributed by atoms with Gasteiger partial charge < -0.3 is 0 Å². The Morgan fingerprint density at radius 2 is 2.08 bits per heavy atom. The van der Waals surface area contributed by atoms with E-state index >= 15 is 0 Å². The van der Waals surface area contributed by atoms with Crippen molar-refractivity contribution in [3.8, 4) is 0 Å². The number of piperidine rings is 2. The molecule has 3 fully saturated rings. The maximum atomic E-state index is 4.19. The van der Waals surface area contributed by atoms with Crippen LogP contribution < -0.4 is 0 Å². The maximum Gasteiger partial charge on any atom is 0.00961 e. The molecule has 1 heteroatoms. The van der Waals surface area contributed by atoms with Gasteiger partial charge in [0.15, 0.2) is 0 Å². The maximum absolute atomic E-state index is 4.19. The molecule has 1 nitrogen and oxygen atoms in total. The van der Waals surface area contributed by atoms with Gasteiger partial charge in [-0.1, -0.05) is 19.1 Å². The fourth-order valence-electron chi connectivity index (χ4n) is 3.13. The van der Waals surface area contributed by atoms with Crippen LogP contribution >= 0.6 is 0 Å². The number of rotatable bonds is 2. The molecule has 3 aliphatic rings. The molecular weight excluding hydrogens is 158 g/mol. The van der Waals surface area contributed by atoms with Crippen molar-refractivity contribution in [1.29, 1.82) is 0 Å². The lowest BCUT2D eigenvalue weighted by Gasteiger charge is -2.53. The molecule has 0 atom stereocenters. The minimum atomic E-state index is 0.491. The molecule has 0 radical (unpaired) electrons. The van der Waals surface area contributed by atoms with Crippen molar-refractivity contribution in [3.05, 3.63) is 12.2 Å². The average molecular weight is 179 g/mol. The van der Waals surface area contributed by atoms with E-state index in [4.69, 9.17) is 0 Å². The Kier molecular flexibility index (Phi) is 2.23. The van der Waals surface area contributed by atoms with Crippen molar-refractivity contribution in [2.45, 2.75) is 45.6 Å². The van der Waals surface area contributed by atoms with Crippen LogP contribution in [-0.4, -0.2) is 24.0 Å². The summed E-state index contributed by atoms with van der Waals surface area (Å²) in [4.78, 5) is 2.65. The number of nitrogens with zero attached hydrogens (tertiary/aromatic N) is 1. The molecule has 0 aromatic rings. The predicted octanol–water partition coefficient (Wildman–Crippen LogP) is 2.83. The summed E-state index contributed by atoms with van der Waals surface area (Å²) in [5.74, 6) is 0. The highest BCUT2D eigenvalue weighted by atomic mass is 15.2. The first-order chi connectivity index (χ1) is 6.18. The van der Waals surface area contributed by atoms with Crippen molar-refractivity contribution in [2.24, 2.45) is 5.41 Å². The standard InChI is InChI=1S/C12H21N/c1-4-13-9-12(10(2)3)7-5-11(13)6-8-12/h11H,2,4-9H2,1,3H3. The lowest BCUT2D eigenvalue weighted by Crippen LogP contribution is -2.54. The van der Waals surface area contributed by atoms with Gasteiger partial charge in [0.1, 0.15) is 0 Å². The first-order valence-electron chi connectivity index (χ1n) is 5.58. The van der Waals surface area contributed by atoms with Crippen LogP contribution in [0.4, 0.5) is 0 Å². The molecule has 0 unspecified atom stereocenters. The third-order valence-electron chi connectivity index (χ3n) is 4.25. The van der Waals surface area contributed by atoms with Crippen LogP contribution in [0.25, 0.3) is 0 Å². The molecule has 0 N–H and O–H groups in total. The quantitative estimate of drug-likeness (QED) is 0.589. The summed E-state index contributed by atoms with van der Waals surface area (Å²) in [6, 6.07) is 0.895. The average Bonchev–Trinajstić information content (AvgIpc) is 2.19. The second-order valence-corrected chi connectivity index (χ2v) is 4.85. The van der Waals surface area contributed by atoms with Gasteiger partial charge in [-0.25, -0.2) is 0 Å². The third kappa shape index (κ3) is 1.34. The summed E-state index contributed by atoms with van der Waals surface area (Å²) in [6.45, 7) is 11.2. The van der Waals surface area contributed by atoms with Gasteiger partial charge in [0.25, 0.3) is 0 Å². The van der Waals surface area contributed by atoms with Crippen molar-refractivity contribution < 1.29 is 0 Å². The summed E-state index contributed by atoms with van der Waals surface area (Å²) in [5, 5.41) is 0. The lowest BCUT2D eigenvalue weighted by atomic mass is 9.64. The predicted molar refractivity (Wildman–Crippen MR) is 56.8 cm³/mol. The van der Waals surface area contributed by atoms with Crippen LogP contribution in [0.2, 0.25) is 0 Å². The van der Waals surface area contributed by atoms with Crippen LogP contribution in [0.5, 0.6) is 0 Å². The zero-order valence-electron chi connectivity index (χ0n) is 8.97. The Hall–Kier alpha value is -0.300. The molecule has 74 valence electrons. The number of fused-ring (bicyclic) bond motifs is 3. The van der Waals surface area contributed by atoms with E-state index in [1.54, 1.807) is 0 Å². The fraction of sp³-hybridized carbons (Fsp3) is 0.833. The largest absolute Gasteiger partial charge is 0.300 e. The molecule has 0 aromatic carbocycles. The van der Waals surface area contributed by atoms with E-state index in [9.17, 15) is 0 Å². The van der Waals surface area contributed by atoms with Gasteiger partial charge in [-0.2, -0.15) is 0 Å². The van der Waals surface area contributed by atoms with E-state index in [0.29, 0.717) is 5.41 Å². The van der Waals surface area contributed by atoms with Crippen LogP contribution in [0.1, 0.15) is 39.5 Å². The van der Waals surface area contributed by atoms with Crippen LogP contribution in [-0.2, 0) is 0 Å². The second-order valence-electron chi connectivity index (χ2n) is 4.85. The molecule has 1 aliphatic carbocycles. The van der Waals surface area contributed by atoms with Crippen molar-refractivity contribution in [1.82, 2.24) is 4.90 Å². The van der Waals surface area contributed by atoms with Gasteiger partial charge in [0.05, 0.1) is 0 Å². The number of hydrogen-bond donors (Lipinski definition) is 0.